The zero-order chi connectivity index (χ0) is 22.9. The van der Waals surface area contributed by atoms with Gasteiger partial charge in [0.25, 0.3) is 5.91 Å². The lowest BCUT2D eigenvalue weighted by Gasteiger charge is -2.32. The molecule has 0 atom stereocenters. The molecular formula is C25H30N2O4S. The molecule has 32 heavy (non-hydrogen) atoms. The molecule has 0 N–H and O–H groups in total. The molecule has 2 amide bonds. The number of nitrogens with zero attached hydrogens (tertiary/aromatic N) is 2. The van der Waals surface area contributed by atoms with Gasteiger partial charge in [0.05, 0.1) is 11.3 Å². The third kappa shape index (κ3) is 6.85. The lowest BCUT2D eigenvalue weighted by Crippen LogP contribution is -2.41. The maximum Gasteiger partial charge on any atom is 0.339 e. The van der Waals surface area contributed by atoms with Crippen LogP contribution in [0.4, 0.5) is 0 Å². The number of benzene rings is 2. The number of likely N-dealkylation sites (tertiary alicyclic amines) is 1. The average molecular weight is 455 g/mol. The van der Waals surface area contributed by atoms with Gasteiger partial charge in [0, 0.05) is 32.1 Å². The van der Waals surface area contributed by atoms with Gasteiger partial charge in [-0.05, 0) is 42.9 Å². The van der Waals surface area contributed by atoms with Crippen LogP contribution in [0.2, 0.25) is 0 Å². The van der Waals surface area contributed by atoms with Crippen molar-refractivity contribution in [2.75, 3.05) is 39.5 Å². The van der Waals surface area contributed by atoms with E-state index in [2.05, 4.69) is 24.3 Å². The van der Waals surface area contributed by atoms with Crippen molar-refractivity contribution in [3.8, 4) is 0 Å². The molecule has 0 aliphatic carbocycles. The first-order valence-corrected chi connectivity index (χ1v) is 11.8. The minimum absolute atomic E-state index is 0.0379. The summed E-state index contributed by atoms with van der Waals surface area (Å²) in [6, 6.07) is 17.4. The highest BCUT2D eigenvalue weighted by molar-refractivity contribution is 8.00. The molecule has 0 unspecified atom stereocenters. The minimum atomic E-state index is -0.544. The van der Waals surface area contributed by atoms with Crippen molar-refractivity contribution >= 4 is 29.5 Å². The van der Waals surface area contributed by atoms with Gasteiger partial charge >= 0.3 is 5.97 Å². The fraction of sp³-hybridized carbons (Fsp3) is 0.400. The first-order chi connectivity index (χ1) is 15.4. The number of hydrogen-bond acceptors (Lipinski definition) is 5. The van der Waals surface area contributed by atoms with Crippen LogP contribution in [-0.2, 0) is 20.7 Å². The summed E-state index contributed by atoms with van der Waals surface area (Å²) >= 11 is 1.29. The van der Waals surface area contributed by atoms with E-state index in [-0.39, 0.29) is 24.2 Å². The maximum atomic E-state index is 12.6. The number of piperidine rings is 1. The Bertz CT molecular complexity index is 925. The third-order valence-corrected chi connectivity index (χ3v) is 6.68. The molecule has 0 radical (unpaired) electrons. The molecule has 6 nitrogen and oxygen atoms in total. The molecule has 7 heteroatoms. The molecule has 1 aliphatic heterocycles. The van der Waals surface area contributed by atoms with Crippen LogP contribution in [0.3, 0.4) is 0 Å². The highest BCUT2D eigenvalue weighted by Crippen LogP contribution is 2.24. The lowest BCUT2D eigenvalue weighted by molar-refractivity contribution is -0.136. The smallest absolute Gasteiger partial charge is 0.339 e. The quantitative estimate of drug-likeness (QED) is 0.451. The monoisotopic (exact) mass is 454 g/mol. The Balaban J connectivity index is 1.46. The van der Waals surface area contributed by atoms with Crippen LogP contribution in [0.5, 0.6) is 0 Å². The van der Waals surface area contributed by atoms with Crippen molar-refractivity contribution in [1.82, 2.24) is 9.80 Å². The summed E-state index contributed by atoms with van der Waals surface area (Å²) in [6.07, 6.45) is 2.94. The molecule has 1 saturated heterocycles. The Morgan fingerprint density at radius 1 is 1.00 bits per heavy atom. The van der Waals surface area contributed by atoms with E-state index in [0.29, 0.717) is 29.5 Å². The fourth-order valence-electron chi connectivity index (χ4n) is 3.66. The molecule has 1 heterocycles. The number of carbonyl (C=O) groups is 3. The Morgan fingerprint density at radius 3 is 2.34 bits per heavy atom. The molecular weight excluding hydrogens is 424 g/mol. The lowest BCUT2D eigenvalue weighted by atomic mass is 9.90. The van der Waals surface area contributed by atoms with Gasteiger partial charge < -0.3 is 14.5 Å². The Kier molecular flexibility index (Phi) is 8.73. The van der Waals surface area contributed by atoms with Gasteiger partial charge in [0.1, 0.15) is 0 Å². The van der Waals surface area contributed by atoms with E-state index < -0.39 is 5.97 Å². The molecule has 170 valence electrons. The number of esters is 1. The van der Waals surface area contributed by atoms with Crippen LogP contribution >= 0.6 is 11.8 Å². The van der Waals surface area contributed by atoms with Gasteiger partial charge in [-0.15, -0.1) is 11.8 Å². The molecule has 3 rings (SSSR count). The predicted octanol–water partition coefficient (Wildman–Crippen LogP) is 3.51. The van der Waals surface area contributed by atoms with Gasteiger partial charge in [-0.3, -0.25) is 9.59 Å². The summed E-state index contributed by atoms with van der Waals surface area (Å²) in [7, 11) is 3.39. The summed E-state index contributed by atoms with van der Waals surface area (Å²) in [6.45, 7) is 1.11. The molecule has 2 aromatic carbocycles. The molecule has 0 spiro atoms. The van der Waals surface area contributed by atoms with Crippen molar-refractivity contribution in [2.45, 2.75) is 24.2 Å². The van der Waals surface area contributed by atoms with Crippen molar-refractivity contribution in [1.29, 1.82) is 0 Å². The number of amides is 2. The second-order valence-corrected chi connectivity index (χ2v) is 9.18. The number of carbonyl (C=O) groups excluding carboxylic acids is 3. The number of thioether (sulfide) groups is 1. The summed E-state index contributed by atoms with van der Waals surface area (Å²) in [5.74, 6) is 0.0534. The topological polar surface area (TPSA) is 66.9 Å². The highest BCUT2D eigenvalue weighted by atomic mass is 32.2. The van der Waals surface area contributed by atoms with Gasteiger partial charge in [-0.1, -0.05) is 42.5 Å². The second-order valence-electron chi connectivity index (χ2n) is 8.16. The van der Waals surface area contributed by atoms with Crippen molar-refractivity contribution < 1.29 is 19.1 Å². The molecule has 0 aromatic heterocycles. The van der Waals surface area contributed by atoms with Crippen LogP contribution in [0.1, 0.15) is 28.8 Å². The second kappa shape index (κ2) is 11.7. The zero-order valence-corrected chi connectivity index (χ0v) is 19.5. The number of rotatable bonds is 8. The van der Waals surface area contributed by atoms with Crippen LogP contribution < -0.4 is 0 Å². The summed E-state index contributed by atoms with van der Waals surface area (Å²) in [4.78, 5) is 41.0. The van der Waals surface area contributed by atoms with E-state index in [1.165, 1.54) is 22.2 Å². The summed E-state index contributed by atoms with van der Waals surface area (Å²) in [5, 5.41) is 0. The predicted molar refractivity (Wildman–Crippen MR) is 126 cm³/mol. The maximum absolute atomic E-state index is 12.6. The van der Waals surface area contributed by atoms with Crippen LogP contribution in [-0.4, -0.2) is 67.1 Å². The summed E-state index contributed by atoms with van der Waals surface area (Å²) in [5.41, 5.74) is 1.70. The van der Waals surface area contributed by atoms with E-state index in [0.717, 1.165) is 19.3 Å². The molecule has 0 bridgehead atoms. The van der Waals surface area contributed by atoms with Gasteiger partial charge in [0.2, 0.25) is 5.91 Å². The normalized spacial score (nSPS) is 14.1. The van der Waals surface area contributed by atoms with Gasteiger partial charge in [-0.25, -0.2) is 4.79 Å². The number of hydrogen-bond donors (Lipinski definition) is 0. The van der Waals surface area contributed by atoms with E-state index in [1.807, 2.05) is 12.1 Å². The molecule has 1 fully saturated rings. The third-order valence-electron chi connectivity index (χ3n) is 5.62. The van der Waals surface area contributed by atoms with Crippen LogP contribution in [0.15, 0.2) is 59.5 Å². The Hall–Kier alpha value is -2.80. The molecule has 1 aliphatic rings. The standard InChI is InChI=1S/C25H30N2O4S/c1-26(2)24(29)18-32-22-11-7-6-10-21(22)25(30)31-17-23(28)27-14-12-20(13-15-27)16-19-8-4-3-5-9-19/h3-11,20H,12-18H2,1-2H3. The van der Waals surface area contributed by atoms with E-state index >= 15 is 0 Å². The van der Waals surface area contributed by atoms with Crippen LogP contribution in [0, 0.1) is 5.92 Å². The first kappa shape index (κ1) is 23.9. The molecule has 2 aromatic rings. The first-order valence-electron chi connectivity index (χ1n) is 10.8. The fourth-order valence-corrected chi connectivity index (χ4v) is 4.68. The van der Waals surface area contributed by atoms with Gasteiger partial charge in [-0.2, -0.15) is 0 Å². The Morgan fingerprint density at radius 2 is 1.66 bits per heavy atom. The van der Waals surface area contributed by atoms with E-state index in [9.17, 15) is 14.4 Å². The zero-order valence-electron chi connectivity index (χ0n) is 18.7. The van der Waals surface area contributed by atoms with E-state index in [4.69, 9.17) is 4.74 Å². The largest absolute Gasteiger partial charge is 0.452 e. The highest BCUT2D eigenvalue weighted by Gasteiger charge is 2.24. The van der Waals surface area contributed by atoms with Crippen LogP contribution in [0.25, 0.3) is 0 Å². The van der Waals surface area contributed by atoms with Crippen molar-refractivity contribution in [3.05, 3.63) is 65.7 Å². The van der Waals surface area contributed by atoms with E-state index in [1.54, 1.807) is 37.2 Å². The summed E-state index contributed by atoms with van der Waals surface area (Å²) < 4.78 is 5.32. The number of ether oxygens (including phenoxy) is 1. The molecule has 0 saturated carbocycles. The Labute approximate surface area is 193 Å². The SMILES string of the molecule is CN(C)C(=O)CSc1ccccc1C(=O)OCC(=O)N1CCC(Cc2ccccc2)CC1. The van der Waals surface area contributed by atoms with Gasteiger partial charge in [0.15, 0.2) is 6.61 Å². The van der Waals surface area contributed by atoms with Crippen molar-refractivity contribution in [3.63, 3.8) is 0 Å². The average Bonchev–Trinajstić information content (AvgIpc) is 2.82. The van der Waals surface area contributed by atoms with Crippen molar-refractivity contribution in [2.24, 2.45) is 5.92 Å². The minimum Gasteiger partial charge on any atom is -0.452 e.